The fourth-order valence-corrected chi connectivity index (χ4v) is 5.62. The predicted molar refractivity (Wildman–Crippen MR) is 129 cm³/mol. The third kappa shape index (κ3) is 3.87. The SMILES string of the molecule is CCOC(=O)[C@@H](C)Oc1ccc(-n2c(C)cc(C=NN3C(=O)[C@@H]4[C@H](C3=O)[C@H]3C=C[C@H]4C3)c2C)cc1. The minimum Gasteiger partial charge on any atom is -0.479 e. The smallest absolute Gasteiger partial charge is 0.347 e. The van der Waals surface area contributed by atoms with Crippen molar-refractivity contribution in [3.05, 3.63) is 59.4 Å². The largest absolute Gasteiger partial charge is 0.479 e. The van der Waals surface area contributed by atoms with Gasteiger partial charge in [-0.2, -0.15) is 10.1 Å². The molecular weight excluding hydrogens is 446 g/mol. The van der Waals surface area contributed by atoms with Gasteiger partial charge in [-0.15, -0.1) is 0 Å². The molecule has 0 radical (unpaired) electrons. The van der Waals surface area contributed by atoms with Crippen molar-refractivity contribution in [3.8, 4) is 11.4 Å². The lowest BCUT2D eigenvalue weighted by Crippen LogP contribution is -2.28. The van der Waals surface area contributed by atoms with E-state index in [9.17, 15) is 14.4 Å². The lowest BCUT2D eigenvalue weighted by Gasteiger charge is -2.15. The Kier molecular flexibility index (Phi) is 5.83. The molecule has 2 aliphatic carbocycles. The van der Waals surface area contributed by atoms with E-state index >= 15 is 0 Å². The van der Waals surface area contributed by atoms with Crippen LogP contribution in [0.3, 0.4) is 0 Å². The summed E-state index contributed by atoms with van der Waals surface area (Å²) >= 11 is 0. The summed E-state index contributed by atoms with van der Waals surface area (Å²) in [6, 6.07) is 9.40. The number of hydrogen-bond acceptors (Lipinski definition) is 6. The Hall–Kier alpha value is -3.68. The van der Waals surface area contributed by atoms with Crippen molar-refractivity contribution >= 4 is 24.0 Å². The van der Waals surface area contributed by atoms with E-state index in [0.29, 0.717) is 12.4 Å². The zero-order chi connectivity index (χ0) is 24.9. The van der Waals surface area contributed by atoms with E-state index in [1.807, 2.05) is 32.0 Å². The number of rotatable bonds is 7. The van der Waals surface area contributed by atoms with E-state index in [2.05, 4.69) is 21.8 Å². The van der Waals surface area contributed by atoms with Crippen LogP contribution in [0.25, 0.3) is 5.69 Å². The Morgan fingerprint density at radius 3 is 2.34 bits per heavy atom. The van der Waals surface area contributed by atoms with Gasteiger partial charge in [0.15, 0.2) is 6.10 Å². The Morgan fingerprint density at radius 2 is 1.74 bits per heavy atom. The van der Waals surface area contributed by atoms with E-state index in [1.165, 1.54) is 0 Å². The summed E-state index contributed by atoms with van der Waals surface area (Å²) in [7, 11) is 0. The number of carbonyl (C=O) groups excluding carboxylic acids is 3. The monoisotopic (exact) mass is 475 g/mol. The van der Waals surface area contributed by atoms with E-state index < -0.39 is 12.1 Å². The van der Waals surface area contributed by atoms with Gasteiger partial charge in [0.2, 0.25) is 0 Å². The number of hydrazone groups is 1. The molecule has 3 aliphatic rings. The number of amides is 2. The van der Waals surface area contributed by atoms with Gasteiger partial charge < -0.3 is 14.0 Å². The van der Waals surface area contributed by atoms with Crippen LogP contribution in [0.4, 0.5) is 0 Å². The second-order valence-electron chi connectivity index (χ2n) is 9.40. The molecule has 35 heavy (non-hydrogen) atoms. The normalized spacial score (nSPS) is 25.5. The summed E-state index contributed by atoms with van der Waals surface area (Å²) in [6.07, 6.45) is 5.96. The first-order chi connectivity index (χ1) is 16.8. The van der Waals surface area contributed by atoms with Gasteiger partial charge in [-0.3, -0.25) is 9.59 Å². The third-order valence-corrected chi connectivity index (χ3v) is 7.26. The van der Waals surface area contributed by atoms with Crippen molar-refractivity contribution < 1.29 is 23.9 Å². The fourth-order valence-electron chi connectivity index (χ4n) is 5.62. The van der Waals surface area contributed by atoms with Gasteiger partial charge in [0.05, 0.1) is 24.7 Å². The Morgan fingerprint density at radius 1 is 1.11 bits per heavy atom. The maximum atomic E-state index is 12.9. The molecule has 0 unspecified atom stereocenters. The van der Waals surface area contributed by atoms with Crippen LogP contribution in [-0.2, 0) is 19.1 Å². The van der Waals surface area contributed by atoms with Gasteiger partial charge in [-0.1, -0.05) is 12.2 Å². The van der Waals surface area contributed by atoms with Crippen LogP contribution >= 0.6 is 0 Å². The maximum absolute atomic E-state index is 12.9. The molecule has 8 heteroatoms. The molecule has 0 spiro atoms. The first kappa shape index (κ1) is 23.1. The number of carbonyl (C=O) groups is 3. The molecule has 1 saturated heterocycles. The van der Waals surface area contributed by atoms with Crippen molar-refractivity contribution in [2.45, 2.75) is 40.2 Å². The summed E-state index contributed by atoms with van der Waals surface area (Å²) < 4.78 is 12.7. The molecule has 2 aromatic rings. The van der Waals surface area contributed by atoms with Gasteiger partial charge in [0.25, 0.3) is 11.8 Å². The minimum atomic E-state index is -0.694. The molecule has 1 aliphatic heterocycles. The van der Waals surface area contributed by atoms with E-state index in [-0.39, 0.29) is 35.5 Å². The number of nitrogens with zero attached hydrogens (tertiary/aromatic N) is 3. The van der Waals surface area contributed by atoms with E-state index in [4.69, 9.17) is 9.47 Å². The molecule has 1 saturated carbocycles. The van der Waals surface area contributed by atoms with Crippen molar-refractivity contribution in [2.75, 3.05) is 6.61 Å². The number of allylic oxidation sites excluding steroid dienone is 2. The van der Waals surface area contributed by atoms with Crippen molar-refractivity contribution in [1.82, 2.24) is 9.58 Å². The first-order valence-corrected chi connectivity index (χ1v) is 12.0. The zero-order valence-electron chi connectivity index (χ0n) is 20.3. The summed E-state index contributed by atoms with van der Waals surface area (Å²) in [5.74, 6) is -0.385. The van der Waals surface area contributed by atoms with Gasteiger partial charge in [-0.25, -0.2) is 4.79 Å². The van der Waals surface area contributed by atoms with Crippen LogP contribution in [0.5, 0.6) is 5.75 Å². The number of aromatic nitrogens is 1. The van der Waals surface area contributed by atoms with Gasteiger partial charge in [0, 0.05) is 22.6 Å². The van der Waals surface area contributed by atoms with Crippen LogP contribution in [0.2, 0.25) is 0 Å². The van der Waals surface area contributed by atoms with Crippen LogP contribution in [0, 0.1) is 37.5 Å². The number of fused-ring (bicyclic) bond motifs is 5. The second kappa shape index (κ2) is 8.83. The van der Waals surface area contributed by atoms with E-state index in [1.54, 1.807) is 32.2 Å². The Balaban J connectivity index is 1.32. The highest BCUT2D eigenvalue weighted by atomic mass is 16.6. The number of aryl methyl sites for hydroxylation is 1. The average molecular weight is 476 g/mol. The molecule has 2 bridgehead atoms. The lowest BCUT2D eigenvalue weighted by molar-refractivity contribution is -0.150. The number of hydrogen-bond donors (Lipinski definition) is 0. The molecule has 8 nitrogen and oxygen atoms in total. The quantitative estimate of drug-likeness (QED) is 0.264. The molecular formula is C27H29N3O5. The highest BCUT2D eigenvalue weighted by Gasteiger charge is 2.59. The summed E-state index contributed by atoms with van der Waals surface area (Å²) in [4.78, 5) is 37.6. The average Bonchev–Trinajstić information content (AvgIpc) is 3.57. The fraction of sp³-hybridized carbons (Fsp3) is 0.407. The number of esters is 1. The molecule has 182 valence electrons. The zero-order valence-corrected chi connectivity index (χ0v) is 20.3. The highest BCUT2D eigenvalue weighted by molar-refractivity contribution is 6.06. The third-order valence-electron chi connectivity index (χ3n) is 7.26. The second-order valence-corrected chi connectivity index (χ2v) is 9.40. The molecule has 5 atom stereocenters. The topological polar surface area (TPSA) is 90.2 Å². The molecule has 0 N–H and O–H groups in total. The molecule has 2 amide bonds. The molecule has 1 aromatic carbocycles. The van der Waals surface area contributed by atoms with Gasteiger partial charge in [-0.05, 0) is 76.3 Å². The first-order valence-electron chi connectivity index (χ1n) is 12.0. The number of benzene rings is 1. The van der Waals surface area contributed by atoms with Gasteiger partial charge >= 0.3 is 5.97 Å². The Bertz CT molecular complexity index is 1210. The minimum absolute atomic E-state index is 0.166. The van der Waals surface area contributed by atoms with E-state index in [0.717, 1.165) is 34.1 Å². The summed E-state index contributed by atoms with van der Waals surface area (Å²) in [6.45, 7) is 7.67. The molecule has 2 heterocycles. The Labute approximate surface area is 204 Å². The number of imide groups is 1. The highest BCUT2D eigenvalue weighted by Crippen LogP contribution is 2.52. The van der Waals surface area contributed by atoms with Crippen molar-refractivity contribution in [1.29, 1.82) is 0 Å². The van der Waals surface area contributed by atoms with Crippen LogP contribution in [0.1, 0.15) is 37.2 Å². The van der Waals surface area contributed by atoms with Crippen LogP contribution in [-0.4, -0.2) is 46.3 Å². The maximum Gasteiger partial charge on any atom is 0.347 e. The molecule has 1 aromatic heterocycles. The van der Waals surface area contributed by atoms with Gasteiger partial charge in [0.1, 0.15) is 5.75 Å². The van der Waals surface area contributed by atoms with Crippen molar-refractivity contribution in [2.24, 2.45) is 28.8 Å². The number of ether oxygens (including phenoxy) is 2. The summed E-state index contributed by atoms with van der Waals surface area (Å²) in [5, 5.41) is 5.40. The molecule has 2 fully saturated rings. The van der Waals surface area contributed by atoms with Crippen LogP contribution < -0.4 is 4.74 Å². The summed E-state index contributed by atoms with van der Waals surface area (Å²) in [5.41, 5.74) is 3.66. The standard InChI is InChI=1S/C27H29N3O5/c1-5-34-27(33)17(4)35-22-10-8-21(9-11-22)29-15(2)12-20(16(29)3)14-28-30-25(31)23-18-6-7-19(13-18)24(23)26(30)32/h6-12,14,17-19,23-24H,5,13H2,1-4H3/t17-,18+,19+,23-,24+/m1/s1. The van der Waals surface area contributed by atoms with Crippen molar-refractivity contribution in [3.63, 3.8) is 0 Å². The van der Waals surface area contributed by atoms with Crippen LogP contribution in [0.15, 0.2) is 47.6 Å². The lowest BCUT2D eigenvalue weighted by atomic mass is 9.85. The molecule has 5 rings (SSSR count). The predicted octanol–water partition coefficient (Wildman–Crippen LogP) is 3.57.